The lowest BCUT2D eigenvalue weighted by molar-refractivity contribution is 0.194. The first-order valence-corrected chi connectivity index (χ1v) is 12.7. The predicted molar refractivity (Wildman–Crippen MR) is 152 cm³/mol. The van der Waals surface area contributed by atoms with E-state index in [1.807, 2.05) is 0 Å². The van der Waals surface area contributed by atoms with Gasteiger partial charge < -0.3 is 39.4 Å². The Bertz CT molecular complexity index is 1770. The molecule has 40 heavy (non-hydrogen) atoms. The Labute approximate surface area is 228 Å². The van der Waals surface area contributed by atoms with Gasteiger partial charge in [0.1, 0.15) is 23.0 Å². The summed E-state index contributed by atoms with van der Waals surface area (Å²) in [5, 5.41) is 45.6. The number of phenolic OH excluding ortho intramolecular Hbond substituents is 2. The molecule has 5 aromatic carbocycles. The summed E-state index contributed by atoms with van der Waals surface area (Å²) in [6, 6.07) is 3.04. The van der Waals surface area contributed by atoms with Crippen LogP contribution in [-0.2, 0) is 12.8 Å². The van der Waals surface area contributed by atoms with Crippen LogP contribution >= 0.6 is 0 Å². The van der Waals surface area contributed by atoms with Gasteiger partial charge in [0.15, 0.2) is 11.5 Å². The summed E-state index contributed by atoms with van der Waals surface area (Å²) < 4.78 is 22.7. The van der Waals surface area contributed by atoms with Crippen LogP contribution in [-0.4, -0.2) is 61.1 Å². The minimum absolute atomic E-state index is 0.0468. The number of hydrogen-bond acceptors (Lipinski definition) is 10. The molecule has 0 aliphatic carbocycles. The van der Waals surface area contributed by atoms with E-state index in [0.717, 1.165) is 0 Å². The number of benzene rings is 5. The van der Waals surface area contributed by atoms with E-state index in [1.165, 1.54) is 54.4 Å². The van der Waals surface area contributed by atoms with Gasteiger partial charge in [0, 0.05) is 57.6 Å². The van der Waals surface area contributed by atoms with Crippen molar-refractivity contribution < 1.29 is 39.4 Å². The molecule has 5 rings (SSSR count). The van der Waals surface area contributed by atoms with Crippen LogP contribution in [0.2, 0.25) is 0 Å². The van der Waals surface area contributed by atoms with Crippen molar-refractivity contribution in [2.24, 2.45) is 0 Å². The summed E-state index contributed by atoms with van der Waals surface area (Å²) in [6.07, 6.45) is -2.20. The van der Waals surface area contributed by atoms with Gasteiger partial charge in [-0.2, -0.15) is 0 Å². The molecule has 2 atom stereocenters. The van der Waals surface area contributed by atoms with Crippen molar-refractivity contribution in [2.45, 2.75) is 38.9 Å². The standard InChI is InChI=1S/C30H30O10/c1-11(31)7-13-19-20-14(8-12(2)32)28(34)30(36)24-18(40-6)10-16(38-4)22(26(20)24)21-15(37-3)9-17(39-5)23(25(19)21)29(35)27(13)33/h9-12,31-34H,7-8H2,1-6H3/t11-,12-/m1/s1. The smallest absolute Gasteiger partial charge is 0.231 e. The largest absolute Gasteiger partial charge is 0.504 e. The van der Waals surface area contributed by atoms with E-state index in [-0.39, 0.29) is 46.2 Å². The molecule has 0 fully saturated rings. The molecule has 0 bridgehead atoms. The highest BCUT2D eigenvalue weighted by molar-refractivity contribution is 6.38. The highest BCUT2D eigenvalue weighted by Crippen LogP contribution is 2.53. The topological polar surface area (TPSA) is 152 Å². The van der Waals surface area contributed by atoms with Crippen LogP contribution in [0, 0.1) is 0 Å². The molecule has 4 N–H and O–H groups in total. The van der Waals surface area contributed by atoms with Crippen molar-refractivity contribution in [3.8, 4) is 34.5 Å². The predicted octanol–water partition coefficient (Wildman–Crippen LogP) is 3.19. The second-order valence-corrected chi connectivity index (χ2v) is 9.98. The third kappa shape index (κ3) is 3.63. The third-order valence-electron chi connectivity index (χ3n) is 7.45. The van der Waals surface area contributed by atoms with Crippen LogP contribution in [0.5, 0.6) is 34.5 Å². The number of fused-ring (bicyclic) bond motifs is 2. The molecule has 10 nitrogen and oxygen atoms in total. The first-order chi connectivity index (χ1) is 19.0. The van der Waals surface area contributed by atoms with Crippen molar-refractivity contribution in [1.29, 1.82) is 0 Å². The van der Waals surface area contributed by atoms with Crippen molar-refractivity contribution >= 4 is 43.1 Å². The molecule has 210 valence electrons. The second kappa shape index (κ2) is 9.72. The van der Waals surface area contributed by atoms with Gasteiger partial charge >= 0.3 is 0 Å². The molecule has 0 aliphatic heterocycles. The van der Waals surface area contributed by atoms with E-state index in [1.54, 1.807) is 0 Å². The van der Waals surface area contributed by atoms with E-state index in [4.69, 9.17) is 18.9 Å². The summed E-state index contributed by atoms with van der Waals surface area (Å²) in [6.45, 7) is 3.03. The number of aliphatic hydroxyl groups excluding tert-OH is 2. The molecular weight excluding hydrogens is 520 g/mol. The number of aromatic hydroxyl groups is 2. The molecule has 0 aromatic heterocycles. The lowest BCUT2D eigenvalue weighted by Gasteiger charge is -2.24. The quantitative estimate of drug-likeness (QED) is 0.167. The normalized spacial score (nSPS) is 13.4. The van der Waals surface area contributed by atoms with Gasteiger partial charge in [-0.15, -0.1) is 0 Å². The van der Waals surface area contributed by atoms with Crippen LogP contribution in [0.1, 0.15) is 25.0 Å². The minimum Gasteiger partial charge on any atom is -0.504 e. The molecule has 0 heterocycles. The van der Waals surface area contributed by atoms with Crippen LogP contribution < -0.4 is 29.8 Å². The van der Waals surface area contributed by atoms with E-state index in [0.29, 0.717) is 43.8 Å². The molecule has 0 spiro atoms. The van der Waals surface area contributed by atoms with Gasteiger partial charge in [-0.1, -0.05) is 0 Å². The Kier molecular flexibility index (Phi) is 6.63. The first kappa shape index (κ1) is 27.3. The number of aliphatic hydroxyl groups is 2. The molecule has 0 saturated heterocycles. The van der Waals surface area contributed by atoms with Crippen LogP contribution in [0.25, 0.3) is 43.1 Å². The summed E-state index contributed by atoms with van der Waals surface area (Å²) in [5.74, 6) is -0.335. The fraction of sp³-hybridized carbons (Fsp3) is 0.333. The lowest BCUT2D eigenvalue weighted by Crippen LogP contribution is -2.16. The average molecular weight is 551 g/mol. The average Bonchev–Trinajstić information content (AvgIpc) is 2.93. The second-order valence-electron chi connectivity index (χ2n) is 9.98. The van der Waals surface area contributed by atoms with E-state index in [9.17, 15) is 30.0 Å². The molecule has 0 saturated carbocycles. The minimum atomic E-state index is -0.973. The maximum absolute atomic E-state index is 13.7. The highest BCUT2D eigenvalue weighted by Gasteiger charge is 2.32. The van der Waals surface area contributed by atoms with Crippen LogP contribution in [0.15, 0.2) is 21.7 Å². The number of phenols is 2. The fourth-order valence-corrected chi connectivity index (χ4v) is 5.95. The van der Waals surface area contributed by atoms with E-state index >= 15 is 0 Å². The maximum Gasteiger partial charge on any atom is 0.231 e. The Hall–Kier alpha value is -4.28. The Morgan fingerprint density at radius 2 is 0.850 bits per heavy atom. The first-order valence-electron chi connectivity index (χ1n) is 12.7. The molecule has 10 heteroatoms. The zero-order valence-corrected chi connectivity index (χ0v) is 23.0. The summed E-state index contributed by atoms with van der Waals surface area (Å²) >= 11 is 0. The lowest BCUT2D eigenvalue weighted by atomic mass is 9.82. The number of ether oxygens (including phenoxy) is 4. The maximum atomic E-state index is 13.7. The zero-order chi connectivity index (χ0) is 29.2. The summed E-state index contributed by atoms with van der Waals surface area (Å²) in [5.41, 5.74) is -1.21. The van der Waals surface area contributed by atoms with E-state index in [2.05, 4.69) is 0 Å². The van der Waals surface area contributed by atoms with Crippen molar-refractivity contribution in [1.82, 2.24) is 0 Å². The molecule has 5 aromatic rings. The van der Waals surface area contributed by atoms with Gasteiger partial charge in [0.2, 0.25) is 10.9 Å². The molecule has 0 unspecified atom stereocenters. The van der Waals surface area contributed by atoms with Crippen molar-refractivity contribution in [3.63, 3.8) is 0 Å². The summed E-state index contributed by atoms with van der Waals surface area (Å²) in [7, 11) is 5.66. The molecule has 0 amide bonds. The SMILES string of the molecule is COc1cc(OC)c2c3c(OC)cc(OC)c4c(=O)c(O)c(C[C@@H](C)O)c(c5c(C[C@@H](C)O)c(O)c(=O)c1c25)c43. The third-order valence-corrected chi connectivity index (χ3v) is 7.45. The van der Waals surface area contributed by atoms with Crippen molar-refractivity contribution in [3.05, 3.63) is 43.7 Å². The Balaban J connectivity index is 2.37. The Morgan fingerprint density at radius 3 is 1.12 bits per heavy atom. The molecule has 0 radical (unpaired) electrons. The Morgan fingerprint density at radius 1 is 0.550 bits per heavy atom. The van der Waals surface area contributed by atoms with Gasteiger partial charge in [0.05, 0.1) is 51.4 Å². The van der Waals surface area contributed by atoms with Crippen molar-refractivity contribution in [2.75, 3.05) is 28.4 Å². The van der Waals surface area contributed by atoms with Crippen LogP contribution in [0.4, 0.5) is 0 Å². The van der Waals surface area contributed by atoms with Gasteiger partial charge in [-0.05, 0) is 24.6 Å². The van der Waals surface area contributed by atoms with E-state index < -0.39 is 34.6 Å². The molecule has 0 aliphatic rings. The zero-order valence-electron chi connectivity index (χ0n) is 23.0. The van der Waals surface area contributed by atoms with Gasteiger partial charge in [-0.3, -0.25) is 9.59 Å². The molecular formula is C30H30O10. The summed E-state index contributed by atoms with van der Waals surface area (Å²) in [4.78, 5) is 27.4. The van der Waals surface area contributed by atoms with Gasteiger partial charge in [-0.25, -0.2) is 0 Å². The number of methoxy groups -OCH3 is 4. The highest BCUT2D eigenvalue weighted by atomic mass is 16.5. The van der Waals surface area contributed by atoms with Gasteiger partial charge in [0.25, 0.3) is 0 Å². The monoisotopic (exact) mass is 550 g/mol. The number of rotatable bonds is 8. The van der Waals surface area contributed by atoms with Crippen LogP contribution in [0.3, 0.4) is 0 Å². The fourth-order valence-electron chi connectivity index (χ4n) is 5.95. The number of hydrogen-bond donors (Lipinski definition) is 4.